The van der Waals surface area contributed by atoms with E-state index in [1.807, 2.05) is 36.4 Å². The average Bonchev–Trinajstić information content (AvgIpc) is 2.26. The number of benzene rings is 2. The molecule has 0 aliphatic rings. The zero-order valence-corrected chi connectivity index (χ0v) is 10.3. The van der Waals surface area contributed by atoms with Crippen molar-refractivity contribution in [1.82, 2.24) is 0 Å². The summed E-state index contributed by atoms with van der Waals surface area (Å²) in [5.41, 5.74) is 1.26. The second-order valence-corrected chi connectivity index (χ2v) is 5.08. The molecule has 0 fully saturated rings. The predicted octanol–water partition coefficient (Wildman–Crippen LogP) is 2.65. The fourth-order valence-electron chi connectivity index (χ4n) is 2.25. The summed E-state index contributed by atoms with van der Waals surface area (Å²) in [4.78, 5) is 0. The van der Waals surface area contributed by atoms with E-state index in [0.29, 0.717) is 6.42 Å². The largest absolute Gasteiger partial charge is 0.392 e. The Balaban J connectivity index is 2.62. The lowest BCUT2D eigenvalue weighted by Gasteiger charge is -2.19. The normalized spacial score (nSPS) is 12.0. The lowest BCUT2D eigenvalue weighted by atomic mass is 9.92. The fourth-order valence-corrected chi connectivity index (χ4v) is 2.25. The van der Waals surface area contributed by atoms with Crippen LogP contribution in [0, 0.1) is 0 Å². The molecule has 0 saturated carbocycles. The van der Waals surface area contributed by atoms with Crippen LogP contribution in [0.2, 0.25) is 0 Å². The van der Waals surface area contributed by atoms with E-state index < -0.39 is 5.60 Å². The van der Waals surface area contributed by atoms with E-state index in [1.54, 1.807) is 13.8 Å². The molecule has 17 heavy (non-hydrogen) atoms. The molecular formula is C15H18O2. The van der Waals surface area contributed by atoms with Gasteiger partial charge in [0.2, 0.25) is 0 Å². The number of rotatable bonds is 3. The summed E-state index contributed by atoms with van der Waals surface area (Å²) in [5.74, 6) is 0. The minimum absolute atomic E-state index is 0.0280. The fraction of sp³-hybridized carbons (Fsp3) is 0.333. The molecule has 2 rings (SSSR count). The van der Waals surface area contributed by atoms with E-state index in [2.05, 4.69) is 0 Å². The third-order valence-corrected chi connectivity index (χ3v) is 2.87. The summed E-state index contributed by atoms with van der Waals surface area (Å²) in [6.45, 7) is 3.63. The van der Waals surface area contributed by atoms with Gasteiger partial charge in [-0.15, -0.1) is 0 Å². The topological polar surface area (TPSA) is 40.5 Å². The number of aliphatic hydroxyl groups excluding tert-OH is 1. The average molecular weight is 230 g/mol. The van der Waals surface area contributed by atoms with Crippen molar-refractivity contribution in [3.8, 4) is 0 Å². The maximum absolute atomic E-state index is 9.93. The van der Waals surface area contributed by atoms with E-state index in [0.717, 1.165) is 21.9 Å². The second kappa shape index (κ2) is 4.47. The predicted molar refractivity (Wildman–Crippen MR) is 69.9 cm³/mol. The third-order valence-electron chi connectivity index (χ3n) is 2.87. The van der Waals surface area contributed by atoms with Crippen molar-refractivity contribution in [1.29, 1.82) is 0 Å². The Hall–Kier alpha value is -1.38. The van der Waals surface area contributed by atoms with E-state index in [9.17, 15) is 10.2 Å². The highest BCUT2D eigenvalue weighted by Crippen LogP contribution is 2.26. The molecule has 0 amide bonds. The SMILES string of the molecule is CC(C)(O)Cc1cccc2cccc(CO)c12. The molecule has 0 aromatic heterocycles. The molecule has 0 heterocycles. The summed E-state index contributed by atoms with van der Waals surface area (Å²) in [7, 11) is 0. The standard InChI is InChI=1S/C15H18O2/c1-15(2,17)9-12-7-3-5-11-6-4-8-13(10-16)14(11)12/h3-8,16-17H,9-10H2,1-2H3. The maximum Gasteiger partial charge on any atom is 0.0687 e. The molecule has 0 unspecified atom stereocenters. The molecule has 0 bridgehead atoms. The van der Waals surface area contributed by atoms with Crippen LogP contribution >= 0.6 is 0 Å². The van der Waals surface area contributed by atoms with Gasteiger partial charge in [-0.1, -0.05) is 36.4 Å². The Kier molecular flexibility index (Phi) is 3.18. The maximum atomic E-state index is 9.93. The Morgan fingerprint density at radius 3 is 2.12 bits per heavy atom. The molecule has 2 nitrogen and oxygen atoms in total. The number of fused-ring (bicyclic) bond motifs is 1. The van der Waals surface area contributed by atoms with Gasteiger partial charge in [0.1, 0.15) is 0 Å². The van der Waals surface area contributed by atoms with Crippen LogP contribution in [-0.2, 0) is 13.0 Å². The molecule has 2 aromatic rings. The number of hydrogen-bond donors (Lipinski definition) is 2. The van der Waals surface area contributed by atoms with Crippen LogP contribution in [0.25, 0.3) is 10.8 Å². The summed E-state index contributed by atoms with van der Waals surface area (Å²) in [6, 6.07) is 11.9. The Morgan fingerprint density at radius 1 is 1.00 bits per heavy atom. The number of aliphatic hydroxyl groups is 2. The van der Waals surface area contributed by atoms with Gasteiger partial charge in [-0.3, -0.25) is 0 Å². The van der Waals surface area contributed by atoms with Crippen molar-refractivity contribution in [2.75, 3.05) is 0 Å². The van der Waals surface area contributed by atoms with Crippen LogP contribution in [0.15, 0.2) is 36.4 Å². The zero-order chi connectivity index (χ0) is 12.5. The summed E-state index contributed by atoms with van der Waals surface area (Å²) < 4.78 is 0. The summed E-state index contributed by atoms with van der Waals surface area (Å²) >= 11 is 0. The van der Waals surface area contributed by atoms with Crippen LogP contribution in [0.1, 0.15) is 25.0 Å². The lowest BCUT2D eigenvalue weighted by Crippen LogP contribution is -2.22. The van der Waals surface area contributed by atoms with Crippen LogP contribution in [0.5, 0.6) is 0 Å². The molecular weight excluding hydrogens is 212 g/mol. The summed E-state index contributed by atoms with van der Waals surface area (Å²) in [5, 5.41) is 21.5. The van der Waals surface area contributed by atoms with Crippen molar-refractivity contribution in [2.24, 2.45) is 0 Å². The highest BCUT2D eigenvalue weighted by molar-refractivity contribution is 5.88. The van der Waals surface area contributed by atoms with E-state index in [1.165, 1.54) is 0 Å². The molecule has 0 radical (unpaired) electrons. The lowest BCUT2D eigenvalue weighted by molar-refractivity contribution is 0.0813. The third kappa shape index (κ3) is 2.65. The van der Waals surface area contributed by atoms with E-state index in [-0.39, 0.29) is 6.61 Å². The molecule has 0 atom stereocenters. The first kappa shape index (κ1) is 12.1. The van der Waals surface area contributed by atoms with Crippen molar-refractivity contribution >= 4 is 10.8 Å². The first-order valence-electron chi connectivity index (χ1n) is 5.84. The smallest absolute Gasteiger partial charge is 0.0687 e. The summed E-state index contributed by atoms with van der Waals surface area (Å²) in [6.07, 6.45) is 0.585. The van der Waals surface area contributed by atoms with Gasteiger partial charge in [-0.2, -0.15) is 0 Å². The van der Waals surface area contributed by atoms with E-state index >= 15 is 0 Å². The van der Waals surface area contributed by atoms with Gasteiger partial charge in [0, 0.05) is 6.42 Å². The van der Waals surface area contributed by atoms with Crippen LogP contribution < -0.4 is 0 Å². The number of hydrogen-bond acceptors (Lipinski definition) is 2. The quantitative estimate of drug-likeness (QED) is 0.851. The molecule has 2 N–H and O–H groups in total. The monoisotopic (exact) mass is 230 g/mol. The van der Waals surface area contributed by atoms with Gasteiger partial charge in [0.25, 0.3) is 0 Å². The first-order valence-corrected chi connectivity index (χ1v) is 5.84. The van der Waals surface area contributed by atoms with Gasteiger partial charge in [0.15, 0.2) is 0 Å². The van der Waals surface area contributed by atoms with Gasteiger partial charge >= 0.3 is 0 Å². The van der Waals surface area contributed by atoms with Crippen LogP contribution in [0.4, 0.5) is 0 Å². The van der Waals surface area contributed by atoms with Crippen LogP contribution in [-0.4, -0.2) is 15.8 Å². The highest BCUT2D eigenvalue weighted by Gasteiger charge is 2.16. The Labute approximate surface area is 102 Å². The van der Waals surface area contributed by atoms with Crippen LogP contribution in [0.3, 0.4) is 0 Å². The minimum Gasteiger partial charge on any atom is -0.392 e. The van der Waals surface area contributed by atoms with Gasteiger partial charge in [0.05, 0.1) is 12.2 Å². The van der Waals surface area contributed by atoms with E-state index in [4.69, 9.17) is 0 Å². The highest BCUT2D eigenvalue weighted by atomic mass is 16.3. The molecule has 0 spiro atoms. The molecule has 0 aliphatic carbocycles. The zero-order valence-electron chi connectivity index (χ0n) is 10.3. The van der Waals surface area contributed by atoms with Gasteiger partial charge < -0.3 is 10.2 Å². The van der Waals surface area contributed by atoms with Crippen molar-refractivity contribution in [3.05, 3.63) is 47.5 Å². The molecule has 2 heteroatoms. The molecule has 0 aliphatic heterocycles. The molecule has 90 valence electrons. The van der Waals surface area contributed by atoms with Crippen molar-refractivity contribution in [2.45, 2.75) is 32.5 Å². The molecule has 0 saturated heterocycles. The van der Waals surface area contributed by atoms with Crippen molar-refractivity contribution < 1.29 is 10.2 Å². The minimum atomic E-state index is -0.739. The first-order chi connectivity index (χ1) is 8.01. The van der Waals surface area contributed by atoms with Gasteiger partial charge in [-0.25, -0.2) is 0 Å². The van der Waals surface area contributed by atoms with Crippen molar-refractivity contribution in [3.63, 3.8) is 0 Å². The molecule has 2 aromatic carbocycles. The Morgan fingerprint density at radius 2 is 1.59 bits per heavy atom. The Bertz CT molecular complexity index is 519. The van der Waals surface area contributed by atoms with Gasteiger partial charge in [-0.05, 0) is 35.7 Å². The second-order valence-electron chi connectivity index (χ2n) is 5.08.